The minimum absolute atomic E-state index is 0.145. The lowest BCUT2D eigenvalue weighted by Crippen LogP contribution is -2.48. The van der Waals surface area contributed by atoms with Crippen molar-refractivity contribution in [3.05, 3.63) is 71.8 Å². The van der Waals surface area contributed by atoms with E-state index in [1.807, 2.05) is 12.3 Å². The molecule has 10 heteroatoms. The summed E-state index contributed by atoms with van der Waals surface area (Å²) in [5.41, 5.74) is 0.343. The molecule has 3 aromatic rings. The summed E-state index contributed by atoms with van der Waals surface area (Å²) in [7, 11) is 0. The van der Waals surface area contributed by atoms with E-state index in [1.165, 1.54) is 12.1 Å². The van der Waals surface area contributed by atoms with Gasteiger partial charge in [0.15, 0.2) is 0 Å². The number of nitrogens with zero attached hydrogens (tertiary/aromatic N) is 6. The van der Waals surface area contributed by atoms with Crippen molar-refractivity contribution in [3.8, 4) is 0 Å². The Kier molecular flexibility index (Phi) is 5.58. The van der Waals surface area contributed by atoms with Gasteiger partial charge in [0.1, 0.15) is 12.4 Å². The number of hydrogen-bond acceptors (Lipinski definition) is 4. The van der Waals surface area contributed by atoms with E-state index in [0.717, 1.165) is 6.07 Å². The van der Waals surface area contributed by atoms with Gasteiger partial charge < -0.3 is 4.90 Å². The molecule has 2 aromatic heterocycles. The van der Waals surface area contributed by atoms with Crippen molar-refractivity contribution in [2.24, 2.45) is 0 Å². The molecule has 158 valence electrons. The van der Waals surface area contributed by atoms with Gasteiger partial charge in [-0.25, -0.2) is 0 Å². The van der Waals surface area contributed by atoms with Crippen LogP contribution in [-0.4, -0.2) is 61.4 Å². The van der Waals surface area contributed by atoms with Gasteiger partial charge >= 0.3 is 6.18 Å². The molecule has 1 saturated heterocycles. The molecule has 0 unspecified atom stereocenters. The Labute approximate surface area is 171 Å². The van der Waals surface area contributed by atoms with Crippen LogP contribution in [0.5, 0.6) is 0 Å². The van der Waals surface area contributed by atoms with Crippen LogP contribution in [0.2, 0.25) is 0 Å². The second-order valence-corrected chi connectivity index (χ2v) is 7.19. The molecule has 0 aliphatic carbocycles. The molecule has 3 heterocycles. The first-order valence-electron chi connectivity index (χ1n) is 9.57. The highest BCUT2D eigenvalue weighted by molar-refractivity contribution is 5.92. The number of benzene rings is 1. The fourth-order valence-corrected chi connectivity index (χ4v) is 3.46. The van der Waals surface area contributed by atoms with Gasteiger partial charge in [-0.1, -0.05) is 18.2 Å². The van der Waals surface area contributed by atoms with Gasteiger partial charge in [0.25, 0.3) is 5.91 Å². The van der Waals surface area contributed by atoms with Crippen LogP contribution in [0.25, 0.3) is 0 Å². The summed E-state index contributed by atoms with van der Waals surface area (Å²) in [6.45, 7) is 3.04. The summed E-state index contributed by atoms with van der Waals surface area (Å²) in [6, 6.07) is 8.88. The van der Waals surface area contributed by atoms with Gasteiger partial charge in [0, 0.05) is 51.3 Å². The number of rotatable bonds is 5. The zero-order chi connectivity index (χ0) is 21.1. The second kappa shape index (κ2) is 8.31. The largest absolute Gasteiger partial charge is 0.416 e. The van der Waals surface area contributed by atoms with E-state index >= 15 is 0 Å². The van der Waals surface area contributed by atoms with E-state index in [0.29, 0.717) is 50.6 Å². The van der Waals surface area contributed by atoms with Gasteiger partial charge in [-0.15, -0.1) is 0 Å². The molecular weight excluding hydrogens is 397 g/mol. The minimum Gasteiger partial charge on any atom is -0.335 e. The summed E-state index contributed by atoms with van der Waals surface area (Å²) in [6.07, 6.45) is 0.877. The predicted octanol–water partition coefficient (Wildman–Crippen LogP) is 2.56. The van der Waals surface area contributed by atoms with Crippen LogP contribution in [0.3, 0.4) is 0 Å². The lowest BCUT2D eigenvalue weighted by atomic mass is 10.1. The Bertz CT molecular complexity index is 990. The molecule has 1 amide bonds. The maximum atomic E-state index is 12.9. The van der Waals surface area contributed by atoms with Crippen LogP contribution >= 0.6 is 0 Å². The molecule has 0 N–H and O–H groups in total. The third kappa shape index (κ3) is 4.70. The Morgan fingerprint density at radius 2 is 1.80 bits per heavy atom. The number of alkyl halides is 3. The van der Waals surface area contributed by atoms with E-state index in [4.69, 9.17) is 0 Å². The molecule has 7 nitrogen and oxygen atoms in total. The van der Waals surface area contributed by atoms with Crippen molar-refractivity contribution in [2.45, 2.75) is 19.4 Å². The van der Waals surface area contributed by atoms with Gasteiger partial charge in [-0.05, 0) is 23.8 Å². The summed E-state index contributed by atoms with van der Waals surface area (Å²) in [5.74, 6) is -0.145. The zero-order valence-corrected chi connectivity index (χ0v) is 16.2. The first-order valence-corrected chi connectivity index (χ1v) is 9.57. The van der Waals surface area contributed by atoms with Crippen molar-refractivity contribution in [2.75, 3.05) is 26.2 Å². The molecule has 0 atom stereocenters. The van der Waals surface area contributed by atoms with Crippen LogP contribution in [0.1, 0.15) is 21.6 Å². The van der Waals surface area contributed by atoms with E-state index < -0.39 is 11.7 Å². The highest BCUT2D eigenvalue weighted by atomic mass is 19.4. The molecule has 0 spiro atoms. The third-order valence-electron chi connectivity index (χ3n) is 5.03. The SMILES string of the molecule is O=C(c1ccn(Cn2cccn2)n1)N1CCN(Cc2cccc(C(F)(F)F)c2)CC1. The van der Waals surface area contributed by atoms with Crippen LogP contribution in [0.15, 0.2) is 55.0 Å². The molecule has 0 saturated carbocycles. The Balaban J connectivity index is 1.31. The van der Waals surface area contributed by atoms with Crippen molar-refractivity contribution in [1.29, 1.82) is 0 Å². The maximum Gasteiger partial charge on any atom is 0.416 e. The number of halogens is 3. The van der Waals surface area contributed by atoms with Crippen LogP contribution in [-0.2, 0) is 19.4 Å². The number of aromatic nitrogens is 4. The lowest BCUT2D eigenvalue weighted by Gasteiger charge is -2.34. The van der Waals surface area contributed by atoms with Gasteiger partial charge in [0.2, 0.25) is 0 Å². The topological polar surface area (TPSA) is 59.2 Å². The smallest absolute Gasteiger partial charge is 0.335 e. The molecule has 1 fully saturated rings. The highest BCUT2D eigenvalue weighted by Crippen LogP contribution is 2.29. The highest BCUT2D eigenvalue weighted by Gasteiger charge is 2.30. The van der Waals surface area contributed by atoms with Crippen LogP contribution < -0.4 is 0 Å². The fraction of sp³-hybridized carbons (Fsp3) is 0.350. The van der Waals surface area contributed by atoms with Crippen LogP contribution in [0, 0.1) is 0 Å². The normalized spacial score (nSPS) is 15.5. The zero-order valence-electron chi connectivity index (χ0n) is 16.2. The summed E-state index contributed by atoms with van der Waals surface area (Å²) in [4.78, 5) is 16.5. The quantitative estimate of drug-likeness (QED) is 0.639. The van der Waals surface area contributed by atoms with Crippen molar-refractivity contribution in [1.82, 2.24) is 29.4 Å². The van der Waals surface area contributed by atoms with E-state index in [-0.39, 0.29) is 5.91 Å². The first-order chi connectivity index (χ1) is 14.4. The Hall–Kier alpha value is -3.14. The molecule has 1 aliphatic heterocycles. The van der Waals surface area contributed by atoms with E-state index in [1.54, 1.807) is 38.8 Å². The molecule has 0 bridgehead atoms. The number of amides is 1. The molecule has 30 heavy (non-hydrogen) atoms. The van der Waals surface area contributed by atoms with Gasteiger partial charge in [0.05, 0.1) is 5.56 Å². The molecular formula is C20H21F3N6O. The molecule has 0 radical (unpaired) electrons. The number of hydrogen-bond donors (Lipinski definition) is 0. The maximum absolute atomic E-state index is 12.9. The number of carbonyl (C=O) groups excluding carboxylic acids is 1. The van der Waals surface area contributed by atoms with Crippen molar-refractivity contribution < 1.29 is 18.0 Å². The van der Waals surface area contributed by atoms with Crippen molar-refractivity contribution >= 4 is 5.91 Å². The van der Waals surface area contributed by atoms with Crippen LogP contribution in [0.4, 0.5) is 13.2 Å². The van der Waals surface area contributed by atoms with E-state index in [9.17, 15) is 18.0 Å². The van der Waals surface area contributed by atoms with Gasteiger partial charge in [-0.3, -0.25) is 19.1 Å². The number of carbonyl (C=O) groups is 1. The Morgan fingerprint density at radius 3 is 2.50 bits per heavy atom. The van der Waals surface area contributed by atoms with Gasteiger partial charge in [-0.2, -0.15) is 23.4 Å². The van der Waals surface area contributed by atoms with Crippen molar-refractivity contribution in [3.63, 3.8) is 0 Å². The Morgan fingerprint density at radius 1 is 1.00 bits per heavy atom. The predicted molar refractivity (Wildman–Crippen MR) is 102 cm³/mol. The first kappa shape index (κ1) is 20.1. The fourth-order valence-electron chi connectivity index (χ4n) is 3.46. The summed E-state index contributed by atoms with van der Waals surface area (Å²) >= 11 is 0. The third-order valence-corrected chi connectivity index (χ3v) is 5.03. The monoisotopic (exact) mass is 418 g/mol. The van der Waals surface area contributed by atoms with E-state index in [2.05, 4.69) is 15.1 Å². The molecule has 1 aromatic carbocycles. The summed E-state index contributed by atoms with van der Waals surface area (Å²) in [5, 5.41) is 8.43. The average molecular weight is 418 g/mol. The lowest BCUT2D eigenvalue weighted by molar-refractivity contribution is -0.137. The standard InChI is InChI=1S/C20H21F3N6O/c21-20(22,23)17-4-1-3-16(13-17)14-26-9-11-27(12-10-26)19(30)18-5-8-29(25-18)15-28-7-2-6-24-28/h1-8,13H,9-12,14-15H2. The second-order valence-electron chi connectivity index (χ2n) is 7.19. The minimum atomic E-state index is -4.35. The molecule has 4 rings (SSSR count). The molecule has 1 aliphatic rings. The average Bonchev–Trinajstić information content (AvgIpc) is 3.40. The summed E-state index contributed by atoms with van der Waals surface area (Å²) < 4.78 is 42.0. The number of piperazine rings is 1.